The monoisotopic (exact) mass is 349 g/mol. The molecule has 132 valence electrons. The number of hydrogen-bond donors (Lipinski definition) is 1. The molecule has 6 nitrogen and oxygen atoms in total. The van der Waals surface area contributed by atoms with E-state index >= 15 is 0 Å². The van der Waals surface area contributed by atoms with Gasteiger partial charge in [-0.3, -0.25) is 4.99 Å². The lowest BCUT2D eigenvalue weighted by molar-refractivity contribution is 0.392. The SMILES string of the molecule is CCNC(=NCCCc1c(C)noc1C)N(C)Cc1csc(C)n1. The summed E-state index contributed by atoms with van der Waals surface area (Å²) in [7, 11) is 2.05. The number of aliphatic imine (C=N–C) groups is 1. The summed E-state index contributed by atoms with van der Waals surface area (Å²) in [5, 5.41) is 10.5. The van der Waals surface area contributed by atoms with Crippen molar-refractivity contribution in [2.24, 2.45) is 4.99 Å². The fourth-order valence-electron chi connectivity index (χ4n) is 2.57. The molecule has 0 fully saturated rings. The zero-order valence-electron chi connectivity index (χ0n) is 15.2. The number of thiazole rings is 1. The van der Waals surface area contributed by atoms with Crippen LogP contribution in [0.1, 0.15) is 41.1 Å². The van der Waals surface area contributed by atoms with E-state index in [2.05, 4.69) is 32.7 Å². The first-order chi connectivity index (χ1) is 11.5. The Labute approximate surface area is 148 Å². The summed E-state index contributed by atoms with van der Waals surface area (Å²) >= 11 is 1.68. The van der Waals surface area contributed by atoms with Crippen molar-refractivity contribution in [3.8, 4) is 0 Å². The molecule has 0 aliphatic carbocycles. The minimum absolute atomic E-state index is 0.764. The Morgan fingerprint density at radius 3 is 2.75 bits per heavy atom. The maximum absolute atomic E-state index is 5.21. The van der Waals surface area contributed by atoms with Gasteiger partial charge in [0.1, 0.15) is 5.76 Å². The fourth-order valence-corrected chi connectivity index (χ4v) is 3.17. The van der Waals surface area contributed by atoms with E-state index < -0.39 is 0 Å². The molecular weight excluding hydrogens is 322 g/mol. The Morgan fingerprint density at radius 2 is 2.17 bits per heavy atom. The van der Waals surface area contributed by atoms with Gasteiger partial charge in [-0.05, 0) is 40.5 Å². The van der Waals surface area contributed by atoms with E-state index in [1.807, 2.05) is 27.8 Å². The second-order valence-electron chi connectivity index (χ2n) is 5.86. The van der Waals surface area contributed by atoms with E-state index in [-0.39, 0.29) is 0 Å². The minimum atomic E-state index is 0.764. The third-order valence-electron chi connectivity index (χ3n) is 3.79. The van der Waals surface area contributed by atoms with Crippen LogP contribution in [0, 0.1) is 20.8 Å². The van der Waals surface area contributed by atoms with E-state index in [4.69, 9.17) is 9.52 Å². The molecule has 0 saturated heterocycles. The molecule has 0 saturated carbocycles. The van der Waals surface area contributed by atoms with E-state index in [0.717, 1.165) is 60.6 Å². The molecular formula is C17H27N5OS. The average molecular weight is 350 g/mol. The number of rotatable bonds is 7. The largest absolute Gasteiger partial charge is 0.361 e. The van der Waals surface area contributed by atoms with Gasteiger partial charge in [-0.2, -0.15) is 0 Å². The van der Waals surface area contributed by atoms with Crippen LogP contribution in [0.2, 0.25) is 0 Å². The predicted octanol–water partition coefficient (Wildman–Crippen LogP) is 3.09. The molecule has 2 aromatic heterocycles. The second-order valence-corrected chi connectivity index (χ2v) is 6.92. The van der Waals surface area contributed by atoms with Crippen LogP contribution in [0.3, 0.4) is 0 Å². The first-order valence-electron chi connectivity index (χ1n) is 8.33. The maximum Gasteiger partial charge on any atom is 0.194 e. The van der Waals surface area contributed by atoms with Gasteiger partial charge in [-0.1, -0.05) is 5.16 Å². The van der Waals surface area contributed by atoms with Gasteiger partial charge in [0.2, 0.25) is 0 Å². The number of nitrogens with zero attached hydrogens (tertiary/aromatic N) is 4. The van der Waals surface area contributed by atoms with Gasteiger partial charge >= 0.3 is 0 Å². The third kappa shape index (κ3) is 5.06. The summed E-state index contributed by atoms with van der Waals surface area (Å²) in [6.07, 6.45) is 1.92. The summed E-state index contributed by atoms with van der Waals surface area (Å²) < 4.78 is 5.21. The van der Waals surface area contributed by atoms with Crippen molar-refractivity contribution in [2.75, 3.05) is 20.1 Å². The maximum atomic E-state index is 5.21. The standard InChI is InChI=1S/C17H27N5OS/c1-6-18-17(22(5)10-15-11-24-14(4)20-15)19-9-7-8-16-12(2)21-23-13(16)3/h11H,6-10H2,1-5H3,(H,18,19). The quantitative estimate of drug-likeness (QED) is 0.473. The lowest BCUT2D eigenvalue weighted by atomic mass is 10.1. The summed E-state index contributed by atoms with van der Waals surface area (Å²) in [6.45, 7) is 10.5. The van der Waals surface area contributed by atoms with Gasteiger partial charge in [0, 0.05) is 31.1 Å². The van der Waals surface area contributed by atoms with Gasteiger partial charge in [0.25, 0.3) is 0 Å². The highest BCUT2D eigenvalue weighted by Crippen LogP contribution is 2.14. The first-order valence-corrected chi connectivity index (χ1v) is 9.21. The highest BCUT2D eigenvalue weighted by atomic mass is 32.1. The van der Waals surface area contributed by atoms with Gasteiger partial charge in [-0.25, -0.2) is 4.98 Å². The van der Waals surface area contributed by atoms with Gasteiger partial charge in [-0.15, -0.1) is 11.3 Å². The van der Waals surface area contributed by atoms with Crippen molar-refractivity contribution in [2.45, 2.75) is 47.1 Å². The van der Waals surface area contributed by atoms with Crippen LogP contribution in [0.4, 0.5) is 0 Å². The topological polar surface area (TPSA) is 66.6 Å². The molecule has 2 heterocycles. The Kier molecular flexibility index (Phi) is 6.78. The molecule has 24 heavy (non-hydrogen) atoms. The molecule has 0 radical (unpaired) electrons. The third-order valence-corrected chi connectivity index (χ3v) is 4.61. The minimum Gasteiger partial charge on any atom is -0.361 e. The molecule has 0 aliphatic heterocycles. The van der Waals surface area contributed by atoms with Gasteiger partial charge in [0.15, 0.2) is 5.96 Å². The van der Waals surface area contributed by atoms with Crippen molar-refractivity contribution >= 4 is 17.3 Å². The Morgan fingerprint density at radius 1 is 1.38 bits per heavy atom. The average Bonchev–Trinajstić information content (AvgIpc) is 3.09. The number of aromatic nitrogens is 2. The van der Waals surface area contributed by atoms with Crippen molar-refractivity contribution < 1.29 is 4.52 Å². The smallest absolute Gasteiger partial charge is 0.194 e. The van der Waals surface area contributed by atoms with Crippen LogP contribution in [-0.2, 0) is 13.0 Å². The van der Waals surface area contributed by atoms with Crippen molar-refractivity contribution in [1.82, 2.24) is 20.4 Å². The number of guanidine groups is 1. The van der Waals surface area contributed by atoms with Crippen LogP contribution < -0.4 is 5.32 Å². The highest BCUT2D eigenvalue weighted by Gasteiger charge is 2.10. The Hall–Kier alpha value is -1.89. The Balaban J connectivity index is 1.89. The first kappa shape index (κ1) is 18.4. The van der Waals surface area contributed by atoms with E-state index in [9.17, 15) is 0 Å². The number of aryl methyl sites for hydroxylation is 3. The molecule has 0 atom stereocenters. The zero-order chi connectivity index (χ0) is 17.5. The number of hydrogen-bond acceptors (Lipinski definition) is 5. The normalized spacial score (nSPS) is 11.8. The van der Waals surface area contributed by atoms with Crippen LogP contribution in [0.25, 0.3) is 0 Å². The van der Waals surface area contributed by atoms with E-state index in [1.165, 1.54) is 5.56 Å². The number of nitrogens with one attached hydrogen (secondary N) is 1. The van der Waals surface area contributed by atoms with E-state index in [0.29, 0.717) is 0 Å². The van der Waals surface area contributed by atoms with Crippen molar-refractivity contribution in [1.29, 1.82) is 0 Å². The molecule has 2 aromatic rings. The summed E-state index contributed by atoms with van der Waals surface area (Å²) in [5.41, 5.74) is 3.28. The highest BCUT2D eigenvalue weighted by molar-refractivity contribution is 7.09. The molecule has 7 heteroatoms. The summed E-state index contributed by atoms with van der Waals surface area (Å²) in [6, 6.07) is 0. The lowest BCUT2D eigenvalue weighted by Crippen LogP contribution is -2.38. The van der Waals surface area contributed by atoms with Crippen molar-refractivity contribution in [3.63, 3.8) is 0 Å². The zero-order valence-corrected chi connectivity index (χ0v) is 16.0. The second kappa shape index (κ2) is 8.82. The van der Waals surface area contributed by atoms with E-state index in [1.54, 1.807) is 11.3 Å². The fraction of sp³-hybridized carbons (Fsp3) is 0.588. The van der Waals surface area contributed by atoms with Gasteiger partial charge < -0.3 is 14.7 Å². The molecule has 0 aliphatic rings. The summed E-state index contributed by atoms with van der Waals surface area (Å²) in [5.74, 6) is 1.83. The molecule has 0 aromatic carbocycles. The molecule has 0 amide bonds. The van der Waals surface area contributed by atoms with Crippen LogP contribution in [0.15, 0.2) is 14.9 Å². The lowest BCUT2D eigenvalue weighted by Gasteiger charge is -2.21. The van der Waals surface area contributed by atoms with Crippen molar-refractivity contribution in [3.05, 3.63) is 33.1 Å². The molecule has 0 unspecified atom stereocenters. The Bertz CT molecular complexity index is 657. The molecule has 0 spiro atoms. The molecule has 1 N–H and O–H groups in total. The predicted molar refractivity (Wildman–Crippen MR) is 98.6 cm³/mol. The molecule has 0 bridgehead atoms. The van der Waals surface area contributed by atoms with Crippen LogP contribution in [0.5, 0.6) is 0 Å². The molecule has 2 rings (SSSR count). The van der Waals surface area contributed by atoms with Crippen LogP contribution in [-0.4, -0.2) is 41.1 Å². The van der Waals surface area contributed by atoms with Crippen LogP contribution >= 0.6 is 11.3 Å². The van der Waals surface area contributed by atoms with Gasteiger partial charge in [0.05, 0.1) is 22.9 Å². The summed E-state index contributed by atoms with van der Waals surface area (Å²) in [4.78, 5) is 11.4.